The molecule has 1 aliphatic rings. The molecule has 2 nitrogen and oxygen atoms in total. The molecule has 4 unspecified atom stereocenters. The topological polar surface area (TPSA) is 43.1 Å². The zero-order valence-electron chi connectivity index (χ0n) is 12.0. The second-order valence-corrected chi connectivity index (χ2v) is 7.41. The highest BCUT2D eigenvalue weighted by Gasteiger charge is 2.33. The Morgan fingerprint density at radius 1 is 1.37 bits per heavy atom. The number of aryl methyl sites for hydroxylation is 1. The van der Waals surface area contributed by atoms with Crippen molar-refractivity contribution >= 4 is 10.8 Å². The molecule has 1 aliphatic carbocycles. The van der Waals surface area contributed by atoms with Crippen molar-refractivity contribution in [2.75, 3.05) is 6.54 Å². The van der Waals surface area contributed by atoms with Gasteiger partial charge in [-0.1, -0.05) is 31.9 Å². The molecule has 0 amide bonds. The average Bonchev–Trinajstić information content (AvgIpc) is 2.45. The fraction of sp³-hybridized carbons (Fsp3) is 0.625. The Morgan fingerprint density at radius 2 is 2.16 bits per heavy atom. The SMILES string of the molecule is CCC1CCC(CN)C(S(=O)c2cccc(C)c2)C1. The molecule has 19 heavy (non-hydrogen) atoms. The summed E-state index contributed by atoms with van der Waals surface area (Å²) < 4.78 is 12.8. The van der Waals surface area contributed by atoms with Crippen molar-refractivity contribution in [1.29, 1.82) is 0 Å². The molecule has 0 aliphatic heterocycles. The fourth-order valence-electron chi connectivity index (χ4n) is 3.09. The van der Waals surface area contributed by atoms with Crippen molar-refractivity contribution in [3.63, 3.8) is 0 Å². The van der Waals surface area contributed by atoms with Crippen LogP contribution in [0.5, 0.6) is 0 Å². The summed E-state index contributed by atoms with van der Waals surface area (Å²) in [5.41, 5.74) is 7.07. The van der Waals surface area contributed by atoms with Crippen LogP contribution in [0.2, 0.25) is 0 Å². The zero-order chi connectivity index (χ0) is 13.8. The van der Waals surface area contributed by atoms with Crippen LogP contribution in [-0.2, 0) is 10.8 Å². The summed E-state index contributed by atoms with van der Waals surface area (Å²) >= 11 is 0. The van der Waals surface area contributed by atoms with Gasteiger partial charge in [-0.25, -0.2) is 0 Å². The average molecular weight is 279 g/mol. The Labute approximate surface area is 119 Å². The quantitative estimate of drug-likeness (QED) is 0.919. The first-order valence-electron chi connectivity index (χ1n) is 7.33. The monoisotopic (exact) mass is 279 g/mol. The first kappa shape index (κ1) is 14.7. The van der Waals surface area contributed by atoms with Gasteiger partial charge >= 0.3 is 0 Å². The van der Waals surface area contributed by atoms with Gasteiger partial charge in [0.15, 0.2) is 0 Å². The molecule has 1 fully saturated rings. The van der Waals surface area contributed by atoms with E-state index in [9.17, 15) is 4.21 Å². The van der Waals surface area contributed by atoms with E-state index in [0.717, 1.165) is 23.7 Å². The first-order chi connectivity index (χ1) is 9.15. The second kappa shape index (κ2) is 6.67. The molecule has 1 aromatic rings. The molecule has 2 rings (SSSR count). The van der Waals surface area contributed by atoms with E-state index >= 15 is 0 Å². The van der Waals surface area contributed by atoms with Gasteiger partial charge in [0.25, 0.3) is 0 Å². The van der Waals surface area contributed by atoms with Gasteiger partial charge in [0.1, 0.15) is 0 Å². The maximum Gasteiger partial charge on any atom is 0.0564 e. The highest BCUT2D eigenvalue weighted by atomic mass is 32.2. The van der Waals surface area contributed by atoms with Crippen LogP contribution in [0.15, 0.2) is 29.2 Å². The molecular weight excluding hydrogens is 254 g/mol. The number of benzene rings is 1. The van der Waals surface area contributed by atoms with E-state index in [4.69, 9.17) is 5.73 Å². The maximum atomic E-state index is 12.8. The van der Waals surface area contributed by atoms with E-state index < -0.39 is 10.8 Å². The third kappa shape index (κ3) is 3.46. The predicted molar refractivity (Wildman–Crippen MR) is 81.6 cm³/mol. The minimum atomic E-state index is -0.912. The van der Waals surface area contributed by atoms with E-state index in [0.29, 0.717) is 12.5 Å². The number of nitrogens with two attached hydrogens (primary N) is 1. The largest absolute Gasteiger partial charge is 0.330 e. The molecule has 1 saturated carbocycles. The Bertz CT molecular complexity index is 446. The van der Waals surface area contributed by atoms with E-state index in [1.807, 2.05) is 12.1 Å². The smallest absolute Gasteiger partial charge is 0.0564 e. The van der Waals surface area contributed by atoms with Crippen LogP contribution in [0.25, 0.3) is 0 Å². The Kier molecular flexibility index (Phi) is 5.17. The molecule has 0 bridgehead atoms. The molecule has 106 valence electrons. The predicted octanol–water partition coefficient (Wildman–Crippen LogP) is 3.26. The summed E-state index contributed by atoms with van der Waals surface area (Å²) in [4.78, 5) is 0.972. The molecule has 2 N–H and O–H groups in total. The summed E-state index contributed by atoms with van der Waals surface area (Å²) in [5, 5.41) is 0.241. The Morgan fingerprint density at radius 3 is 2.79 bits per heavy atom. The molecule has 0 heterocycles. The van der Waals surface area contributed by atoms with Gasteiger partial charge < -0.3 is 5.73 Å². The van der Waals surface area contributed by atoms with Gasteiger partial charge in [-0.2, -0.15) is 0 Å². The second-order valence-electron chi connectivity index (χ2n) is 5.74. The normalized spacial score (nSPS) is 29.1. The summed E-state index contributed by atoms with van der Waals surface area (Å²) in [5.74, 6) is 1.14. The van der Waals surface area contributed by atoms with Gasteiger partial charge in [0.05, 0.1) is 10.8 Å². The molecule has 0 spiro atoms. The molecule has 1 aromatic carbocycles. The standard InChI is InChI=1S/C16H25NOS/c1-3-13-7-8-14(11-17)16(10-13)19(18)15-6-4-5-12(2)9-15/h4-6,9,13-14,16H,3,7-8,10-11,17H2,1-2H3. The Balaban J connectivity index is 2.19. The lowest BCUT2D eigenvalue weighted by Gasteiger charge is -2.34. The first-order valence-corrected chi connectivity index (χ1v) is 8.54. The minimum absolute atomic E-state index is 0.241. The molecule has 4 atom stereocenters. The van der Waals surface area contributed by atoms with Crippen LogP contribution in [0.4, 0.5) is 0 Å². The van der Waals surface area contributed by atoms with Gasteiger partial charge in [0.2, 0.25) is 0 Å². The van der Waals surface area contributed by atoms with Crippen LogP contribution < -0.4 is 5.73 Å². The van der Waals surface area contributed by atoms with Crippen LogP contribution in [0.3, 0.4) is 0 Å². The highest BCUT2D eigenvalue weighted by molar-refractivity contribution is 7.85. The van der Waals surface area contributed by atoms with Gasteiger partial charge in [0, 0.05) is 10.1 Å². The van der Waals surface area contributed by atoms with Crippen molar-refractivity contribution < 1.29 is 4.21 Å². The van der Waals surface area contributed by atoms with Crippen molar-refractivity contribution in [3.05, 3.63) is 29.8 Å². The van der Waals surface area contributed by atoms with Crippen LogP contribution >= 0.6 is 0 Å². The van der Waals surface area contributed by atoms with Crippen molar-refractivity contribution in [2.24, 2.45) is 17.6 Å². The summed E-state index contributed by atoms with van der Waals surface area (Å²) in [6, 6.07) is 8.10. The third-order valence-corrected chi connectivity index (χ3v) is 6.26. The molecule has 3 heteroatoms. The lowest BCUT2D eigenvalue weighted by molar-refractivity contribution is 0.280. The zero-order valence-corrected chi connectivity index (χ0v) is 12.8. The molecular formula is C16H25NOS. The summed E-state index contributed by atoms with van der Waals surface area (Å²) in [6.45, 7) is 4.95. The van der Waals surface area contributed by atoms with Gasteiger partial charge in [-0.15, -0.1) is 0 Å². The van der Waals surface area contributed by atoms with Crippen molar-refractivity contribution in [2.45, 2.75) is 49.7 Å². The fourth-order valence-corrected chi connectivity index (χ4v) is 5.00. The lowest BCUT2D eigenvalue weighted by atomic mass is 9.80. The molecule has 0 radical (unpaired) electrons. The Hall–Kier alpha value is -0.670. The molecule has 0 aromatic heterocycles. The van der Waals surface area contributed by atoms with E-state index in [-0.39, 0.29) is 5.25 Å². The summed E-state index contributed by atoms with van der Waals surface area (Å²) in [6.07, 6.45) is 4.65. The summed E-state index contributed by atoms with van der Waals surface area (Å²) in [7, 11) is -0.912. The highest BCUT2D eigenvalue weighted by Crippen LogP contribution is 2.35. The van der Waals surface area contributed by atoms with Gasteiger partial charge in [-0.3, -0.25) is 4.21 Å². The lowest BCUT2D eigenvalue weighted by Crippen LogP contribution is -2.37. The number of hydrogen-bond donors (Lipinski definition) is 1. The number of hydrogen-bond acceptors (Lipinski definition) is 2. The van der Waals surface area contributed by atoms with E-state index in [1.165, 1.54) is 18.4 Å². The van der Waals surface area contributed by atoms with Crippen LogP contribution in [0.1, 0.15) is 38.2 Å². The van der Waals surface area contributed by atoms with Crippen LogP contribution in [0, 0.1) is 18.8 Å². The van der Waals surface area contributed by atoms with Crippen molar-refractivity contribution in [1.82, 2.24) is 0 Å². The number of rotatable bonds is 4. The maximum absolute atomic E-state index is 12.8. The molecule has 0 saturated heterocycles. The van der Waals surface area contributed by atoms with Gasteiger partial charge in [-0.05, 0) is 55.8 Å². The van der Waals surface area contributed by atoms with Crippen LogP contribution in [-0.4, -0.2) is 16.0 Å². The van der Waals surface area contributed by atoms with E-state index in [2.05, 4.69) is 26.0 Å². The third-order valence-electron chi connectivity index (χ3n) is 4.41. The van der Waals surface area contributed by atoms with E-state index in [1.54, 1.807) is 0 Å². The minimum Gasteiger partial charge on any atom is -0.330 e. The van der Waals surface area contributed by atoms with Crippen molar-refractivity contribution in [3.8, 4) is 0 Å².